The maximum Gasteiger partial charge on any atom is 0.269 e. The monoisotopic (exact) mass is 501 g/mol. The van der Waals surface area contributed by atoms with Crippen LogP contribution in [0.4, 0.5) is 0 Å². The fraction of sp³-hybridized carbons (Fsp3) is 0.136. The lowest BCUT2D eigenvalue weighted by atomic mass is 10.1. The van der Waals surface area contributed by atoms with Crippen LogP contribution >= 0.6 is 22.6 Å². The maximum absolute atomic E-state index is 12.2. The van der Waals surface area contributed by atoms with E-state index in [2.05, 4.69) is 38.2 Å². The maximum atomic E-state index is 12.2. The number of amides is 2. The Kier molecular flexibility index (Phi) is 7.18. The summed E-state index contributed by atoms with van der Waals surface area (Å²) in [5, 5.41) is 5.47. The van der Waals surface area contributed by atoms with E-state index in [1.165, 1.54) is 6.20 Å². The molecule has 0 saturated carbocycles. The number of aromatic nitrogens is 1. The summed E-state index contributed by atoms with van der Waals surface area (Å²) in [6, 6.07) is 18.4. The molecule has 29 heavy (non-hydrogen) atoms. The highest BCUT2D eigenvalue weighted by Crippen LogP contribution is 2.22. The van der Waals surface area contributed by atoms with Crippen molar-refractivity contribution in [1.29, 1.82) is 0 Å². The topological polar surface area (TPSA) is 80.3 Å². The van der Waals surface area contributed by atoms with Gasteiger partial charge in [0.25, 0.3) is 11.8 Å². The van der Waals surface area contributed by atoms with E-state index in [0.29, 0.717) is 35.7 Å². The van der Waals surface area contributed by atoms with E-state index in [0.717, 1.165) is 9.13 Å². The van der Waals surface area contributed by atoms with E-state index in [4.69, 9.17) is 4.74 Å². The SMILES string of the molecule is CNC(=O)c1cc(Oc2cccc(CCNC(=O)c3cccc(I)c3)c2)ccn1. The van der Waals surface area contributed by atoms with E-state index in [9.17, 15) is 9.59 Å². The van der Waals surface area contributed by atoms with Gasteiger partial charge in [-0.2, -0.15) is 0 Å². The Balaban J connectivity index is 1.58. The smallest absolute Gasteiger partial charge is 0.269 e. The first-order valence-electron chi connectivity index (χ1n) is 9.04. The number of nitrogens with one attached hydrogen (secondary N) is 2. The molecule has 1 heterocycles. The van der Waals surface area contributed by atoms with Crippen molar-refractivity contribution >= 4 is 34.4 Å². The van der Waals surface area contributed by atoms with Gasteiger partial charge in [0.15, 0.2) is 0 Å². The van der Waals surface area contributed by atoms with Crippen molar-refractivity contribution in [2.45, 2.75) is 6.42 Å². The highest BCUT2D eigenvalue weighted by molar-refractivity contribution is 14.1. The molecular formula is C22H20IN3O3. The standard InChI is InChI=1S/C22H20IN3O3/c1-24-22(28)20-14-19(9-11-25-20)29-18-7-2-4-15(12-18)8-10-26-21(27)16-5-3-6-17(23)13-16/h2-7,9,11-14H,8,10H2,1H3,(H,24,28)(H,26,27). The molecule has 0 saturated heterocycles. The minimum absolute atomic E-state index is 0.0885. The fourth-order valence-electron chi connectivity index (χ4n) is 2.68. The number of halogens is 1. The molecule has 3 aromatic rings. The van der Waals surface area contributed by atoms with E-state index in [-0.39, 0.29) is 11.8 Å². The summed E-state index contributed by atoms with van der Waals surface area (Å²) in [6.07, 6.45) is 2.21. The quantitative estimate of drug-likeness (QED) is 0.483. The third-order valence-corrected chi connectivity index (χ3v) is 4.78. The third-order valence-electron chi connectivity index (χ3n) is 4.11. The second-order valence-corrected chi connectivity index (χ2v) is 7.47. The summed E-state index contributed by atoms with van der Waals surface area (Å²) >= 11 is 2.19. The molecule has 0 aliphatic rings. The predicted octanol–water partition coefficient (Wildman–Crippen LogP) is 3.81. The molecule has 0 atom stereocenters. The van der Waals surface area contributed by atoms with Gasteiger partial charge in [-0.1, -0.05) is 18.2 Å². The molecule has 6 nitrogen and oxygen atoms in total. The van der Waals surface area contributed by atoms with Crippen LogP contribution in [0.25, 0.3) is 0 Å². The number of hydrogen-bond acceptors (Lipinski definition) is 4. The van der Waals surface area contributed by atoms with Crippen LogP contribution in [-0.4, -0.2) is 30.4 Å². The van der Waals surface area contributed by atoms with Crippen LogP contribution in [0.15, 0.2) is 66.9 Å². The minimum atomic E-state index is -0.270. The zero-order chi connectivity index (χ0) is 20.6. The molecule has 3 rings (SSSR count). The van der Waals surface area contributed by atoms with Gasteiger partial charge in [0, 0.05) is 35.0 Å². The molecule has 0 bridgehead atoms. The Morgan fingerprint density at radius 2 is 1.79 bits per heavy atom. The zero-order valence-corrected chi connectivity index (χ0v) is 18.0. The third kappa shape index (κ3) is 6.02. The second-order valence-electron chi connectivity index (χ2n) is 6.22. The van der Waals surface area contributed by atoms with Gasteiger partial charge in [0.2, 0.25) is 0 Å². The van der Waals surface area contributed by atoms with Gasteiger partial charge in [0.1, 0.15) is 17.2 Å². The lowest BCUT2D eigenvalue weighted by Gasteiger charge is -2.09. The van der Waals surface area contributed by atoms with E-state index in [1.54, 1.807) is 25.2 Å². The summed E-state index contributed by atoms with van der Waals surface area (Å²) in [4.78, 5) is 28.0. The Morgan fingerprint density at radius 1 is 1.00 bits per heavy atom. The molecule has 2 aromatic carbocycles. The van der Waals surface area contributed by atoms with Gasteiger partial charge >= 0.3 is 0 Å². The Hall–Kier alpha value is -2.94. The number of carbonyl (C=O) groups excluding carboxylic acids is 2. The lowest BCUT2D eigenvalue weighted by Crippen LogP contribution is -2.25. The van der Waals surface area contributed by atoms with Gasteiger partial charge in [-0.25, -0.2) is 0 Å². The number of carbonyl (C=O) groups is 2. The Bertz CT molecular complexity index is 1020. The van der Waals surface area contributed by atoms with E-state index >= 15 is 0 Å². The number of benzene rings is 2. The van der Waals surface area contributed by atoms with Crippen LogP contribution < -0.4 is 15.4 Å². The molecule has 0 aliphatic carbocycles. The molecular weight excluding hydrogens is 481 g/mol. The number of ether oxygens (including phenoxy) is 1. The van der Waals surface area contributed by atoms with Crippen molar-refractivity contribution in [3.8, 4) is 11.5 Å². The van der Waals surface area contributed by atoms with Crippen LogP contribution in [0.2, 0.25) is 0 Å². The minimum Gasteiger partial charge on any atom is -0.457 e. The van der Waals surface area contributed by atoms with Gasteiger partial charge in [-0.15, -0.1) is 0 Å². The molecule has 0 unspecified atom stereocenters. The highest BCUT2D eigenvalue weighted by Gasteiger charge is 2.08. The number of pyridine rings is 1. The van der Waals surface area contributed by atoms with Crippen LogP contribution in [0.1, 0.15) is 26.4 Å². The summed E-state index contributed by atoms with van der Waals surface area (Å²) < 4.78 is 6.88. The molecule has 2 N–H and O–H groups in total. The normalized spacial score (nSPS) is 10.3. The lowest BCUT2D eigenvalue weighted by molar-refractivity contribution is 0.0947. The first-order chi connectivity index (χ1) is 14.0. The van der Waals surface area contributed by atoms with Crippen molar-refractivity contribution < 1.29 is 14.3 Å². The highest BCUT2D eigenvalue weighted by atomic mass is 127. The van der Waals surface area contributed by atoms with Crippen molar-refractivity contribution in [2.24, 2.45) is 0 Å². The molecule has 0 radical (unpaired) electrons. The average molecular weight is 501 g/mol. The van der Waals surface area contributed by atoms with Crippen LogP contribution in [0.3, 0.4) is 0 Å². The average Bonchev–Trinajstić information content (AvgIpc) is 2.73. The number of hydrogen-bond donors (Lipinski definition) is 2. The molecule has 0 fully saturated rings. The number of nitrogens with zero attached hydrogens (tertiary/aromatic N) is 1. The van der Waals surface area contributed by atoms with Crippen LogP contribution in [-0.2, 0) is 6.42 Å². The van der Waals surface area contributed by atoms with Gasteiger partial charge < -0.3 is 15.4 Å². The summed E-state index contributed by atoms with van der Waals surface area (Å²) in [5.74, 6) is 0.825. The molecule has 0 spiro atoms. The van der Waals surface area contributed by atoms with Crippen molar-refractivity contribution in [3.63, 3.8) is 0 Å². The first kappa shape index (κ1) is 20.8. The molecule has 148 valence electrons. The van der Waals surface area contributed by atoms with Gasteiger partial charge in [-0.05, 0) is 71.0 Å². The fourth-order valence-corrected chi connectivity index (χ4v) is 3.22. The predicted molar refractivity (Wildman–Crippen MR) is 119 cm³/mol. The van der Waals surface area contributed by atoms with Crippen molar-refractivity contribution in [1.82, 2.24) is 15.6 Å². The van der Waals surface area contributed by atoms with Crippen molar-refractivity contribution in [2.75, 3.05) is 13.6 Å². The summed E-state index contributed by atoms with van der Waals surface area (Å²) in [7, 11) is 1.55. The Morgan fingerprint density at radius 3 is 2.59 bits per heavy atom. The zero-order valence-electron chi connectivity index (χ0n) is 15.8. The van der Waals surface area contributed by atoms with Gasteiger partial charge in [0.05, 0.1) is 0 Å². The van der Waals surface area contributed by atoms with Crippen LogP contribution in [0, 0.1) is 3.57 Å². The Labute approximate surface area is 182 Å². The summed E-state index contributed by atoms with van der Waals surface area (Å²) in [5.41, 5.74) is 1.98. The summed E-state index contributed by atoms with van der Waals surface area (Å²) in [6.45, 7) is 0.518. The first-order valence-corrected chi connectivity index (χ1v) is 10.1. The molecule has 2 amide bonds. The molecule has 7 heteroatoms. The van der Waals surface area contributed by atoms with E-state index in [1.807, 2.05) is 42.5 Å². The van der Waals surface area contributed by atoms with E-state index < -0.39 is 0 Å². The second kappa shape index (κ2) is 10.0. The largest absolute Gasteiger partial charge is 0.457 e. The molecule has 1 aromatic heterocycles. The number of rotatable bonds is 7. The molecule has 0 aliphatic heterocycles. The van der Waals surface area contributed by atoms with Gasteiger partial charge in [-0.3, -0.25) is 14.6 Å². The van der Waals surface area contributed by atoms with Crippen molar-refractivity contribution in [3.05, 3.63) is 87.3 Å². The van der Waals surface area contributed by atoms with Crippen LogP contribution in [0.5, 0.6) is 11.5 Å².